The molecule has 1 rings (SSSR count). The van der Waals surface area contributed by atoms with Crippen molar-refractivity contribution in [2.75, 3.05) is 5.75 Å². The Labute approximate surface area is 134 Å². The van der Waals surface area contributed by atoms with E-state index in [-0.39, 0.29) is 11.4 Å². The van der Waals surface area contributed by atoms with Crippen LogP contribution in [0.2, 0.25) is 0 Å². The number of carbonyl (C=O) groups excluding carboxylic acids is 1. The van der Waals surface area contributed by atoms with Crippen molar-refractivity contribution < 1.29 is 9.53 Å². The summed E-state index contributed by atoms with van der Waals surface area (Å²) in [6, 6.07) is 4.11. The molecule has 2 nitrogen and oxygen atoms in total. The monoisotopic (exact) mass is 308 g/mol. The van der Waals surface area contributed by atoms with Gasteiger partial charge in [-0.05, 0) is 69.4 Å². The number of aryl methyl sites for hydroxylation is 2. The predicted molar refractivity (Wildman–Crippen MR) is 92.5 cm³/mol. The standard InChI is InChI=1S/C18H28O2S/c1-12-10-13(2)15(18(6,7)8-9-21)14(11-12)20-16(19)17(3,4)5/h10-11,21H,8-9H2,1-7H3. The van der Waals surface area contributed by atoms with E-state index in [2.05, 4.69) is 39.5 Å². The molecule has 0 aliphatic heterocycles. The summed E-state index contributed by atoms with van der Waals surface area (Å²) >= 11 is 4.36. The second-order valence-corrected chi connectivity index (χ2v) is 7.90. The molecule has 0 unspecified atom stereocenters. The fourth-order valence-electron chi connectivity index (χ4n) is 2.53. The van der Waals surface area contributed by atoms with Crippen molar-refractivity contribution in [1.82, 2.24) is 0 Å². The highest BCUT2D eigenvalue weighted by Crippen LogP contribution is 2.38. The van der Waals surface area contributed by atoms with Crippen molar-refractivity contribution >= 4 is 18.6 Å². The lowest BCUT2D eigenvalue weighted by atomic mass is 9.78. The van der Waals surface area contributed by atoms with Crippen LogP contribution in [0.25, 0.3) is 0 Å². The molecule has 118 valence electrons. The van der Waals surface area contributed by atoms with Crippen LogP contribution in [0.3, 0.4) is 0 Å². The zero-order valence-electron chi connectivity index (χ0n) is 14.3. The third kappa shape index (κ3) is 4.50. The average Bonchev–Trinajstić information content (AvgIpc) is 2.25. The number of ether oxygens (including phenoxy) is 1. The lowest BCUT2D eigenvalue weighted by molar-refractivity contribution is -0.143. The van der Waals surface area contributed by atoms with Gasteiger partial charge in [0.1, 0.15) is 5.75 Å². The number of carbonyl (C=O) groups is 1. The second-order valence-electron chi connectivity index (χ2n) is 7.45. The molecule has 0 aromatic heterocycles. The topological polar surface area (TPSA) is 26.3 Å². The Morgan fingerprint density at radius 1 is 1.14 bits per heavy atom. The molecule has 1 aromatic rings. The Morgan fingerprint density at radius 3 is 2.19 bits per heavy atom. The Bertz CT molecular complexity index is 525. The molecule has 0 spiro atoms. The summed E-state index contributed by atoms with van der Waals surface area (Å²) in [6.07, 6.45) is 0.931. The first-order valence-corrected chi connectivity index (χ1v) is 8.07. The lowest BCUT2D eigenvalue weighted by Crippen LogP contribution is -2.28. The molecular formula is C18H28O2S. The minimum absolute atomic E-state index is 0.0764. The number of benzene rings is 1. The van der Waals surface area contributed by atoms with Crippen LogP contribution in [-0.4, -0.2) is 11.7 Å². The second kappa shape index (κ2) is 6.43. The maximum Gasteiger partial charge on any atom is 0.316 e. The summed E-state index contributed by atoms with van der Waals surface area (Å²) < 4.78 is 5.74. The summed E-state index contributed by atoms with van der Waals surface area (Å²) in [5.41, 5.74) is 2.79. The van der Waals surface area contributed by atoms with Gasteiger partial charge in [0, 0.05) is 5.56 Å². The summed E-state index contributed by atoms with van der Waals surface area (Å²) in [6.45, 7) is 14.1. The minimum Gasteiger partial charge on any atom is -0.426 e. The Kier molecular flexibility index (Phi) is 5.54. The van der Waals surface area contributed by atoms with Crippen LogP contribution in [0.1, 0.15) is 57.7 Å². The van der Waals surface area contributed by atoms with Gasteiger partial charge in [-0.3, -0.25) is 4.79 Å². The van der Waals surface area contributed by atoms with Crippen LogP contribution < -0.4 is 4.74 Å². The van der Waals surface area contributed by atoms with Gasteiger partial charge in [0.2, 0.25) is 0 Å². The molecule has 0 radical (unpaired) electrons. The van der Waals surface area contributed by atoms with E-state index in [9.17, 15) is 4.79 Å². The van der Waals surface area contributed by atoms with E-state index in [0.717, 1.165) is 23.3 Å². The van der Waals surface area contributed by atoms with Crippen molar-refractivity contribution in [3.8, 4) is 5.75 Å². The molecule has 0 aliphatic carbocycles. The average molecular weight is 308 g/mol. The van der Waals surface area contributed by atoms with E-state index < -0.39 is 5.41 Å². The van der Waals surface area contributed by atoms with Crippen molar-refractivity contribution in [2.24, 2.45) is 5.41 Å². The molecule has 0 saturated heterocycles. The van der Waals surface area contributed by atoms with Gasteiger partial charge >= 0.3 is 5.97 Å². The fourth-order valence-corrected chi connectivity index (χ4v) is 3.09. The van der Waals surface area contributed by atoms with Crippen molar-refractivity contribution in [3.63, 3.8) is 0 Å². The molecular weight excluding hydrogens is 280 g/mol. The Morgan fingerprint density at radius 2 is 1.71 bits per heavy atom. The summed E-state index contributed by atoms with van der Waals surface area (Å²) in [7, 11) is 0. The largest absolute Gasteiger partial charge is 0.426 e. The zero-order chi connectivity index (χ0) is 16.4. The maximum atomic E-state index is 12.3. The molecule has 0 N–H and O–H groups in total. The van der Waals surface area contributed by atoms with E-state index in [0.29, 0.717) is 5.75 Å². The van der Waals surface area contributed by atoms with Crippen molar-refractivity contribution in [1.29, 1.82) is 0 Å². The van der Waals surface area contributed by atoms with Crippen LogP contribution in [0.15, 0.2) is 12.1 Å². The number of esters is 1. The van der Waals surface area contributed by atoms with Gasteiger partial charge in [-0.1, -0.05) is 19.9 Å². The van der Waals surface area contributed by atoms with Gasteiger partial charge in [-0.15, -0.1) is 0 Å². The smallest absolute Gasteiger partial charge is 0.316 e. The van der Waals surface area contributed by atoms with E-state index in [1.54, 1.807) is 0 Å². The van der Waals surface area contributed by atoms with E-state index in [1.165, 1.54) is 5.56 Å². The van der Waals surface area contributed by atoms with E-state index in [1.807, 2.05) is 33.8 Å². The van der Waals surface area contributed by atoms with Gasteiger partial charge in [0.15, 0.2) is 0 Å². The molecule has 0 heterocycles. The molecule has 21 heavy (non-hydrogen) atoms. The van der Waals surface area contributed by atoms with Crippen LogP contribution in [0, 0.1) is 19.3 Å². The summed E-state index contributed by atoms with van der Waals surface area (Å²) in [5, 5.41) is 0. The fraction of sp³-hybridized carbons (Fsp3) is 0.611. The van der Waals surface area contributed by atoms with Crippen LogP contribution >= 0.6 is 12.6 Å². The van der Waals surface area contributed by atoms with Crippen molar-refractivity contribution in [2.45, 2.75) is 60.3 Å². The molecule has 0 atom stereocenters. The van der Waals surface area contributed by atoms with Crippen LogP contribution in [-0.2, 0) is 10.2 Å². The first-order chi connectivity index (χ1) is 9.49. The summed E-state index contributed by atoms with van der Waals surface area (Å²) in [4.78, 5) is 12.3. The minimum atomic E-state index is -0.511. The number of thiol groups is 1. The molecule has 3 heteroatoms. The van der Waals surface area contributed by atoms with Crippen LogP contribution in [0.4, 0.5) is 0 Å². The van der Waals surface area contributed by atoms with Gasteiger partial charge in [0.05, 0.1) is 5.41 Å². The number of rotatable bonds is 4. The molecule has 0 bridgehead atoms. The van der Waals surface area contributed by atoms with Crippen molar-refractivity contribution in [3.05, 3.63) is 28.8 Å². The molecule has 1 aromatic carbocycles. The summed E-state index contributed by atoms with van der Waals surface area (Å²) in [5.74, 6) is 1.29. The van der Waals surface area contributed by atoms with Gasteiger partial charge in [-0.2, -0.15) is 12.6 Å². The van der Waals surface area contributed by atoms with Gasteiger partial charge < -0.3 is 4.74 Å². The molecule has 0 fully saturated rings. The SMILES string of the molecule is Cc1cc(C)c(C(C)(C)CCS)c(OC(=O)C(C)(C)C)c1. The lowest BCUT2D eigenvalue weighted by Gasteiger charge is -2.30. The normalized spacial score (nSPS) is 12.4. The van der Waals surface area contributed by atoms with E-state index >= 15 is 0 Å². The van der Waals surface area contributed by atoms with Crippen LogP contribution in [0.5, 0.6) is 5.75 Å². The van der Waals surface area contributed by atoms with Gasteiger partial charge in [-0.25, -0.2) is 0 Å². The third-order valence-corrected chi connectivity index (χ3v) is 3.90. The molecule has 0 saturated carbocycles. The molecule has 0 aliphatic rings. The highest BCUT2D eigenvalue weighted by atomic mass is 32.1. The number of hydrogen-bond acceptors (Lipinski definition) is 3. The Hall–Kier alpha value is -0.960. The first-order valence-electron chi connectivity index (χ1n) is 7.44. The predicted octanol–water partition coefficient (Wildman–Crippen LogP) is 4.85. The first kappa shape index (κ1) is 18.1. The number of hydrogen-bond donors (Lipinski definition) is 1. The van der Waals surface area contributed by atoms with E-state index in [4.69, 9.17) is 4.74 Å². The highest BCUT2D eigenvalue weighted by molar-refractivity contribution is 7.80. The zero-order valence-corrected chi connectivity index (χ0v) is 15.2. The Balaban J connectivity index is 3.34. The highest BCUT2D eigenvalue weighted by Gasteiger charge is 2.30. The van der Waals surface area contributed by atoms with Gasteiger partial charge in [0.25, 0.3) is 0 Å². The molecule has 0 amide bonds. The quantitative estimate of drug-likeness (QED) is 0.489. The third-order valence-electron chi connectivity index (χ3n) is 3.67. The maximum absolute atomic E-state index is 12.3.